The molecule has 1 aromatic heterocycles. The highest BCUT2D eigenvalue weighted by molar-refractivity contribution is 7.99. The standard InChI is InChI=1S/C13H18N4S/c1-10(2)18-12-8-6-11(7-9-12)4-3-5-13-14-16-17-15-13/h6-10H,3-5H2,1-2H3,(H,14,15,16,17). The van der Waals surface area contributed by atoms with E-state index in [0.29, 0.717) is 5.25 Å². The van der Waals surface area contributed by atoms with Crippen molar-refractivity contribution in [3.63, 3.8) is 0 Å². The van der Waals surface area contributed by atoms with Crippen LogP contribution < -0.4 is 0 Å². The van der Waals surface area contributed by atoms with Crippen molar-refractivity contribution in [2.75, 3.05) is 0 Å². The minimum atomic E-state index is 0.633. The van der Waals surface area contributed by atoms with Crippen LogP contribution in [0.4, 0.5) is 0 Å². The summed E-state index contributed by atoms with van der Waals surface area (Å²) in [7, 11) is 0. The van der Waals surface area contributed by atoms with Gasteiger partial charge in [-0.05, 0) is 30.5 Å². The van der Waals surface area contributed by atoms with Gasteiger partial charge in [-0.3, -0.25) is 0 Å². The first-order valence-electron chi connectivity index (χ1n) is 6.22. The van der Waals surface area contributed by atoms with Crippen molar-refractivity contribution in [2.45, 2.75) is 43.3 Å². The molecule has 1 N–H and O–H groups in total. The number of aryl methyl sites for hydroxylation is 2. The molecule has 0 saturated heterocycles. The fourth-order valence-electron chi connectivity index (χ4n) is 1.75. The first-order valence-corrected chi connectivity index (χ1v) is 7.10. The molecule has 0 radical (unpaired) electrons. The molecule has 0 fully saturated rings. The molecule has 5 heteroatoms. The Morgan fingerprint density at radius 2 is 1.94 bits per heavy atom. The van der Waals surface area contributed by atoms with E-state index < -0.39 is 0 Å². The summed E-state index contributed by atoms with van der Waals surface area (Å²) in [5.74, 6) is 0.794. The second kappa shape index (κ2) is 6.54. The van der Waals surface area contributed by atoms with Crippen molar-refractivity contribution in [2.24, 2.45) is 0 Å². The highest BCUT2D eigenvalue weighted by Crippen LogP contribution is 2.23. The summed E-state index contributed by atoms with van der Waals surface area (Å²) in [4.78, 5) is 1.34. The van der Waals surface area contributed by atoms with Gasteiger partial charge in [0.15, 0.2) is 5.82 Å². The lowest BCUT2D eigenvalue weighted by Gasteiger charge is -2.06. The van der Waals surface area contributed by atoms with Crippen molar-refractivity contribution in [1.82, 2.24) is 20.6 Å². The van der Waals surface area contributed by atoms with Crippen LogP contribution in [-0.4, -0.2) is 25.9 Å². The van der Waals surface area contributed by atoms with Crippen LogP contribution in [0.3, 0.4) is 0 Å². The summed E-state index contributed by atoms with van der Waals surface area (Å²) in [5, 5.41) is 14.5. The monoisotopic (exact) mass is 262 g/mol. The third-order valence-electron chi connectivity index (χ3n) is 2.55. The lowest BCUT2D eigenvalue weighted by atomic mass is 10.1. The van der Waals surface area contributed by atoms with Crippen LogP contribution in [0.15, 0.2) is 29.2 Å². The van der Waals surface area contributed by atoms with E-state index in [0.717, 1.165) is 25.1 Å². The van der Waals surface area contributed by atoms with Crippen LogP contribution >= 0.6 is 11.8 Å². The van der Waals surface area contributed by atoms with E-state index in [4.69, 9.17) is 0 Å². The van der Waals surface area contributed by atoms with Gasteiger partial charge in [0, 0.05) is 16.6 Å². The molecule has 0 aliphatic carbocycles. The Morgan fingerprint density at radius 1 is 1.17 bits per heavy atom. The number of hydrogen-bond acceptors (Lipinski definition) is 4. The van der Waals surface area contributed by atoms with Crippen LogP contribution in [-0.2, 0) is 12.8 Å². The highest BCUT2D eigenvalue weighted by atomic mass is 32.2. The lowest BCUT2D eigenvalue weighted by Crippen LogP contribution is -1.93. The molecule has 96 valence electrons. The fourth-order valence-corrected chi connectivity index (χ4v) is 2.58. The van der Waals surface area contributed by atoms with Gasteiger partial charge in [-0.1, -0.05) is 31.2 Å². The molecule has 0 amide bonds. The van der Waals surface area contributed by atoms with Crippen LogP contribution in [0.1, 0.15) is 31.7 Å². The summed E-state index contributed by atoms with van der Waals surface area (Å²) in [6, 6.07) is 8.82. The van der Waals surface area contributed by atoms with Crippen molar-refractivity contribution >= 4 is 11.8 Å². The molecule has 0 spiro atoms. The first kappa shape index (κ1) is 13.1. The number of tetrazole rings is 1. The van der Waals surface area contributed by atoms with Crippen LogP contribution in [0, 0.1) is 0 Å². The number of aromatic nitrogens is 4. The van der Waals surface area contributed by atoms with E-state index in [-0.39, 0.29) is 0 Å². The van der Waals surface area contributed by atoms with Crippen LogP contribution in [0.5, 0.6) is 0 Å². The van der Waals surface area contributed by atoms with Gasteiger partial charge >= 0.3 is 0 Å². The summed E-state index contributed by atoms with van der Waals surface area (Å²) in [6.07, 6.45) is 2.98. The van der Waals surface area contributed by atoms with Gasteiger partial charge in [-0.2, -0.15) is 5.21 Å². The quantitative estimate of drug-likeness (QED) is 0.813. The maximum Gasteiger partial charge on any atom is 0.174 e. The first-order chi connectivity index (χ1) is 8.74. The van der Waals surface area contributed by atoms with Gasteiger partial charge in [-0.25, -0.2) is 0 Å². The van der Waals surface area contributed by atoms with Gasteiger partial charge in [-0.15, -0.1) is 22.0 Å². The molecule has 18 heavy (non-hydrogen) atoms. The second-order valence-electron chi connectivity index (χ2n) is 4.49. The predicted octanol–water partition coefficient (Wildman–Crippen LogP) is 2.88. The fraction of sp³-hybridized carbons (Fsp3) is 0.462. The normalized spacial score (nSPS) is 11.1. The highest BCUT2D eigenvalue weighted by Gasteiger charge is 2.01. The molecule has 1 aromatic carbocycles. The molecular formula is C13H18N4S. The average molecular weight is 262 g/mol. The van der Waals surface area contributed by atoms with E-state index in [1.165, 1.54) is 10.5 Å². The summed E-state index contributed by atoms with van der Waals surface area (Å²) < 4.78 is 0. The Kier molecular flexibility index (Phi) is 4.75. The zero-order chi connectivity index (χ0) is 12.8. The minimum Gasteiger partial charge on any atom is -0.177 e. The summed E-state index contributed by atoms with van der Waals surface area (Å²) in [5.41, 5.74) is 1.37. The van der Waals surface area contributed by atoms with Crippen molar-refractivity contribution in [3.05, 3.63) is 35.7 Å². The average Bonchev–Trinajstić information content (AvgIpc) is 2.84. The van der Waals surface area contributed by atoms with E-state index in [9.17, 15) is 0 Å². The SMILES string of the molecule is CC(C)Sc1ccc(CCCc2nn[nH]n2)cc1. The van der Waals surface area contributed by atoms with Crippen molar-refractivity contribution < 1.29 is 0 Å². The Balaban J connectivity index is 1.79. The summed E-state index contributed by atoms with van der Waals surface area (Å²) in [6.45, 7) is 4.42. The van der Waals surface area contributed by atoms with Crippen molar-refractivity contribution in [3.8, 4) is 0 Å². The van der Waals surface area contributed by atoms with E-state index in [1.54, 1.807) is 0 Å². The largest absolute Gasteiger partial charge is 0.177 e. The zero-order valence-corrected chi connectivity index (χ0v) is 11.6. The van der Waals surface area contributed by atoms with E-state index in [2.05, 4.69) is 58.7 Å². The maximum atomic E-state index is 3.94. The number of benzene rings is 1. The smallest absolute Gasteiger partial charge is 0.174 e. The molecule has 0 aliphatic heterocycles. The molecule has 1 heterocycles. The third kappa shape index (κ3) is 4.14. The Morgan fingerprint density at radius 3 is 2.56 bits per heavy atom. The molecule has 0 bridgehead atoms. The molecule has 2 aromatic rings. The predicted molar refractivity (Wildman–Crippen MR) is 73.6 cm³/mol. The summed E-state index contributed by atoms with van der Waals surface area (Å²) >= 11 is 1.90. The molecule has 0 aliphatic rings. The van der Waals surface area contributed by atoms with Gasteiger partial charge < -0.3 is 0 Å². The molecular weight excluding hydrogens is 244 g/mol. The number of nitrogens with one attached hydrogen (secondary N) is 1. The number of H-pyrrole nitrogens is 1. The van der Waals surface area contributed by atoms with Crippen LogP contribution in [0.25, 0.3) is 0 Å². The van der Waals surface area contributed by atoms with Gasteiger partial charge in [0.1, 0.15) is 0 Å². The molecule has 0 saturated carbocycles. The molecule has 0 atom stereocenters. The minimum absolute atomic E-state index is 0.633. The third-order valence-corrected chi connectivity index (χ3v) is 3.57. The lowest BCUT2D eigenvalue weighted by molar-refractivity contribution is 0.773. The Bertz CT molecular complexity index is 450. The van der Waals surface area contributed by atoms with Gasteiger partial charge in [0.05, 0.1) is 0 Å². The maximum absolute atomic E-state index is 3.94. The van der Waals surface area contributed by atoms with Gasteiger partial charge in [0.2, 0.25) is 0 Å². The number of aromatic amines is 1. The number of hydrogen-bond donors (Lipinski definition) is 1. The van der Waals surface area contributed by atoms with Crippen molar-refractivity contribution in [1.29, 1.82) is 0 Å². The Hall–Kier alpha value is -1.36. The zero-order valence-electron chi connectivity index (χ0n) is 10.8. The Labute approximate surface area is 112 Å². The number of nitrogens with zero attached hydrogens (tertiary/aromatic N) is 3. The van der Waals surface area contributed by atoms with Crippen LogP contribution in [0.2, 0.25) is 0 Å². The molecule has 0 unspecified atom stereocenters. The van der Waals surface area contributed by atoms with E-state index in [1.807, 2.05) is 11.8 Å². The molecule has 2 rings (SSSR count). The van der Waals surface area contributed by atoms with E-state index >= 15 is 0 Å². The topological polar surface area (TPSA) is 54.5 Å². The van der Waals surface area contributed by atoms with Gasteiger partial charge in [0.25, 0.3) is 0 Å². The number of thioether (sulfide) groups is 1. The number of rotatable bonds is 6. The molecule has 4 nitrogen and oxygen atoms in total. The second-order valence-corrected chi connectivity index (χ2v) is 6.14.